The van der Waals surface area contributed by atoms with Gasteiger partial charge < -0.3 is 15.0 Å². The molecule has 0 unspecified atom stereocenters. The Morgan fingerprint density at radius 2 is 1.93 bits per heavy atom. The van der Waals surface area contributed by atoms with Crippen LogP contribution in [0.5, 0.6) is 0 Å². The van der Waals surface area contributed by atoms with Crippen molar-refractivity contribution in [1.82, 2.24) is 5.32 Å². The van der Waals surface area contributed by atoms with Crippen molar-refractivity contribution in [2.75, 3.05) is 14.2 Å². The monoisotopic (exact) mass is 467 g/mol. The number of benzene rings is 2. The van der Waals surface area contributed by atoms with Crippen molar-refractivity contribution >= 4 is 33.3 Å². The largest absolute Gasteiger partial charge is 0.398 e. The van der Waals surface area contributed by atoms with Gasteiger partial charge in [0.1, 0.15) is 13.7 Å². The number of oxime groups is 2. The number of rotatable bonds is 7. The van der Waals surface area contributed by atoms with Crippen LogP contribution in [0.3, 0.4) is 0 Å². The van der Waals surface area contributed by atoms with Crippen LogP contribution >= 0.6 is 15.9 Å². The molecular weight excluding hydrogens is 448 g/mol. The summed E-state index contributed by atoms with van der Waals surface area (Å²) < 4.78 is 28.0. The summed E-state index contributed by atoms with van der Waals surface area (Å²) in [7, 11) is 2.83. The maximum atomic E-state index is 14.0. The molecule has 29 heavy (non-hydrogen) atoms. The molecule has 0 saturated carbocycles. The molecule has 1 amide bonds. The number of halogens is 3. The van der Waals surface area contributed by atoms with Crippen LogP contribution in [0.2, 0.25) is 0 Å². The molecule has 0 bridgehead atoms. The van der Waals surface area contributed by atoms with E-state index in [1.807, 2.05) is 13.0 Å². The number of carbonyl (C=O) groups excluding carboxylic acids is 1. The second-order valence-corrected chi connectivity index (χ2v) is 6.92. The first-order valence-electron chi connectivity index (χ1n) is 8.53. The highest BCUT2D eigenvalue weighted by atomic mass is 79.9. The van der Waals surface area contributed by atoms with Crippen molar-refractivity contribution in [2.24, 2.45) is 10.3 Å². The smallest absolute Gasteiger partial charge is 0.273 e. The lowest BCUT2D eigenvalue weighted by molar-refractivity contribution is -0.114. The Balaban J connectivity index is 2.33. The van der Waals surface area contributed by atoms with Crippen molar-refractivity contribution in [3.8, 4) is 0 Å². The summed E-state index contributed by atoms with van der Waals surface area (Å²) in [6.07, 6.45) is 0. The van der Waals surface area contributed by atoms with E-state index in [9.17, 15) is 13.6 Å². The zero-order chi connectivity index (χ0) is 21.6. The van der Waals surface area contributed by atoms with Crippen LogP contribution in [0.25, 0.3) is 0 Å². The minimum Gasteiger partial charge on any atom is -0.398 e. The van der Waals surface area contributed by atoms with Gasteiger partial charge in [-0.1, -0.05) is 44.4 Å². The molecule has 0 saturated heterocycles. The summed E-state index contributed by atoms with van der Waals surface area (Å²) in [5.74, 6) is -2.43. The normalized spacial score (nSPS) is 12.0. The molecule has 0 aliphatic heterocycles. The molecule has 0 spiro atoms. The van der Waals surface area contributed by atoms with Crippen LogP contribution in [0.15, 0.2) is 45.1 Å². The average Bonchev–Trinajstić information content (AvgIpc) is 2.69. The highest BCUT2D eigenvalue weighted by Crippen LogP contribution is 2.21. The van der Waals surface area contributed by atoms with Crippen LogP contribution in [0.4, 0.5) is 8.78 Å². The second kappa shape index (κ2) is 10.1. The van der Waals surface area contributed by atoms with Gasteiger partial charge in [-0.05, 0) is 31.5 Å². The van der Waals surface area contributed by atoms with Gasteiger partial charge in [0, 0.05) is 28.2 Å². The standard InChI is InChI=1S/C20H20BrF2N3O3/c1-11-6-5-7-14(19(26-28-4)20(27)24-3)16(11)10-29-25-12(2)15-8-13(21)9-17(22)18(15)23/h5-9H,10H2,1-4H3,(H,24,27)/b25-12+,26-19+. The topological polar surface area (TPSA) is 72.3 Å². The van der Waals surface area contributed by atoms with Gasteiger partial charge in [-0.2, -0.15) is 0 Å². The lowest BCUT2D eigenvalue weighted by Crippen LogP contribution is -2.29. The van der Waals surface area contributed by atoms with Gasteiger partial charge >= 0.3 is 0 Å². The molecule has 154 valence electrons. The van der Waals surface area contributed by atoms with E-state index >= 15 is 0 Å². The first-order chi connectivity index (χ1) is 13.8. The number of nitrogens with one attached hydrogen (secondary N) is 1. The van der Waals surface area contributed by atoms with Crippen molar-refractivity contribution in [3.05, 3.63) is 68.7 Å². The number of amides is 1. The minimum absolute atomic E-state index is 0.0167. The Morgan fingerprint density at radius 3 is 2.59 bits per heavy atom. The van der Waals surface area contributed by atoms with E-state index in [0.717, 1.165) is 11.6 Å². The predicted octanol–water partition coefficient (Wildman–Crippen LogP) is 4.07. The molecule has 0 aromatic heterocycles. The molecule has 2 aromatic carbocycles. The molecule has 9 heteroatoms. The zero-order valence-electron chi connectivity index (χ0n) is 16.3. The Kier molecular flexibility index (Phi) is 7.83. The van der Waals surface area contributed by atoms with Crippen LogP contribution in [0, 0.1) is 18.6 Å². The first kappa shape index (κ1) is 22.5. The minimum atomic E-state index is -1.01. The van der Waals surface area contributed by atoms with Crippen molar-refractivity contribution in [3.63, 3.8) is 0 Å². The SMILES string of the molecule is CNC(=O)/C(=N/OC)c1cccc(C)c1CO/N=C(\C)c1cc(Br)cc(F)c1F. The van der Waals surface area contributed by atoms with Crippen LogP contribution in [-0.4, -0.2) is 31.5 Å². The first-order valence-corrected chi connectivity index (χ1v) is 9.33. The number of likely N-dealkylation sites (N-methyl/N-ethyl adjacent to an activating group) is 1. The molecular formula is C20H20BrF2N3O3. The molecule has 0 radical (unpaired) electrons. The van der Waals surface area contributed by atoms with Gasteiger partial charge in [0.2, 0.25) is 0 Å². The second-order valence-electron chi connectivity index (χ2n) is 6.00. The summed E-state index contributed by atoms with van der Waals surface area (Å²) in [5, 5.41) is 10.2. The molecule has 0 aliphatic rings. The fourth-order valence-electron chi connectivity index (χ4n) is 2.60. The van der Waals surface area contributed by atoms with E-state index in [0.29, 0.717) is 15.6 Å². The van der Waals surface area contributed by atoms with Gasteiger partial charge in [-0.25, -0.2) is 8.78 Å². The van der Waals surface area contributed by atoms with Crippen molar-refractivity contribution in [2.45, 2.75) is 20.5 Å². The number of hydrogen-bond donors (Lipinski definition) is 1. The summed E-state index contributed by atoms with van der Waals surface area (Å²) in [5.41, 5.74) is 2.23. The summed E-state index contributed by atoms with van der Waals surface area (Å²) in [4.78, 5) is 22.3. The lowest BCUT2D eigenvalue weighted by Gasteiger charge is -2.13. The highest BCUT2D eigenvalue weighted by molar-refractivity contribution is 9.10. The van der Waals surface area contributed by atoms with E-state index in [2.05, 4.69) is 31.6 Å². The molecule has 0 fully saturated rings. The fraction of sp³-hybridized carbons (Fsp3) is 0.250. The maximum Gasteiger partial charge on any atom is 0.273 e. The van der Waals surface area contributed by atoms with Gasteiger partial charge in [0.15, 0.2) is 17.3 Å². The Bertz CT molecular complexity index is 978. The van der Waals surface area contributed by atoms with Gasteiger partial charge in [-0.3, -0.25) is 4.79 Å². The molecule has 2 rings (SSSR count). The third-order valence-corrected chi connectivity index (χ3v) is 4.54. The van der Waals surface area contributed by atoms with E-state index in [1.165, 1.54) is 27.1 Å². The third kappa shape index (κ3) is 5.38. The maximum absolute atomic E-state index is 14.0. The number of aryl methyl sites for hydroxylation is 1. The molecule has 6 nitrogen and oxygen atoms in total. The number of carbonyl (C=O) groups is 1. The Morgan fingerprint density at radius 1 is 1.21 bits per heavy atom. The molecule has 0 heterocycles. The molecule has 2 aromatic rings. The van der Waals surface area contributed by atoms with E-state index in [1.54, 1.807) is 12.1 Å². The van der Waals surface area contributed by atoms with Crippen molar-refractivity contribution in [1.29, 1.82) is 0 Å². The van der Waals surface area contributed by atoms with Gasteiger partial charge in [0.05, 0.1) is 5.71 Å². The van der Waals surface area contributed by atoms with E-state index < -0.39 is 17.5 Å². The summed E-state index contributed by atoms with van der Waals surface area (Å²) in [6, 6.07) is 7.77. The third-order valence-electron chi connectivity index (χ3n) is 4.08. The van der Waals surface area contributed by atoms with Gasteiger partial charge in [-0.15, -0.1) is 0 Å². The van der Waals surface area contributed by atoms with Crippen LogP contribution < -0.4 is 5.32 Å². The fourth-order valence-corrected chi connectivity index (χ4v) is 3.03. The number of nitrogens with zero attached hydrogens (tertiary/aromatic N) is 2. The van der Waals surface area contributed by atoms with E-state index in [4.69, 9.17) is 9.68 Å². The Labute approximate surface area is 175 Å². The molecule has 0 atom stereocenters. The lowest BCUT2D eigenvalue weighted by atomic mass is 9.98. The average molecular weight is 468 g/mol. The van der Waals surface area contributed by atoms with Crippen molar-refractivity contribution < 1.29 is 23.3 Å². The van der Waals surface area contributed by atoms with Crippen LogP contribution in [-0.2, 0) is 21.1 Å². The zero-order valence-corrected chi connectivity index (χ0v) is 17.9. The van der Waals surface area contributed by atoms with Gasteiger partial charge in [0.25, 0.3) is 5.91 Å². The predicted molar refractivity (Wildman–Crippen MR) is 110 cm³/mol. The Hall–Kier alpha value is -2.81. The summed E-state index contributed by atoms with van der Waals surface area (Å²) >= 11 is 3.12. The van der Waals surface area contributed by atoms with E-state index in [-0.39, 0.29) is 23.6 Å². The highest BCUT2D eigenvalue weighted by Gasteiger charge is 2.19. The number of hydrogen-bond acceptors (Lipinski definition) is 5. The molecule has 1 N–H and O–H groups in total. The van der Waals surface area contributed by atoms with Crippen LogP contribution in [0.1, 0.15) is 29.2 Å². The quantitative estimate of drug-likeness (QED) is 0.378. The summed E-state index contributed by atoms with van der Waals surface area (Å²) in [6.45, 7) is 3.33. The molecule has 0 aliphatic carbocycles.